The second kappa shape index (κ2) is 4.03. The second-order valence-electron chi connectivity index (χ2n) is 4.26. The molecule has 0 amide bonds. The number of thiophene rings is 1. The quantitative estimate of drug-likeness (QED) is 0.751. The Balaban J connectivity index is 1.96. The molecule has 1 aliphatic rings. The van der Waals surface area contributed by atoms with E-state index in [1.54, 1.807) is 11.3 Å². The number of hydrogen-bond acceptors (Lipinski definition) is 4. The molecular formula is C12H15N3S. The molecule has 2 aromatic heterocycles. The molecule has 2 aromatic rings. The molecule has 1 saturated heterocycles. The minimum Gasteiger partial charge on any atom is -0.353 e. The Morgan fingerprint density at radius 2 is 2.00 bits per heavy atom. The number of piperazine rings is 1. The van der Waals surface area contributed by atoms with Crippen molar-refractivity contribution in [1.29, 1.82) is 0 Å². The lowest BCUT2D eigenvalue weighted by molar-refractivity contribution is 0.312. The maximum atomic E-state index is 4.55. The standard InChI is InChI=1S/C12H15N3S/c1-14-5-7-15(8-6-14)12-11-10(2-4-13-12)3-9-16-11/h2-4,9H,5-8H2,1H3. The van der Waals surface area contributed by atoms with E-state index in [0.717, 1.165) is 26.2 Å². The summed E-state index contributed by atoms with van der Waals surface area (Å²) in [5, 5.41) is 3.46. The summed E-state index contributed by atoms with van der Waals surface area (Å²) in [6.07, 6.45) is 1.92. The maximum absolute atomic E-state index is 4.55. The summed E-state index contributed by atoms with van der Waals surface area (Å²) in [5.41, 5.74) is 0. The van der Waals surface area contributed by atoms with Crippen LogP contribution < -0.4 is 4.90 Å². The molecule has 3 rings (SSSR count). The van der Waals surface area contributed by atoms with Gasteiger partial charge in [0.15, 0.2) is 0 Å². The van der Waals surface area contributed by atoms with Gasteiger partial charge in [0.25, 0.3) is 0 Å². The largest absolute Gasteiger partial charge is 0.353 e. The molecule has 0 saturated carbocycles. The van der Waals surface area contributed by atoms with Gasteiger partial charge in [0.2, 0.25) is 0 Å². The van der Waals surface area contributed by atoms with E-state index in [0.29, 0.717) is 0 Å². The normalized spacial score (nSPS) is 18.2. The molecular weight excluding hydrogens is 218 g/mol. The summed E-state index contributed by atoms with van der Waals surface area (Å²) < 4.78 is 1.33. The molecule has 0 unspecified atom stereocenters. The molecule has 3 nitrogen and oxygen atoms in total. The molecule has 3 heterocycles. The first-order valence-corrected chi connectivity index (χ1v) is 6.48. The monoisotopic (exact) mass is 233 g/mol. The maximum Gasteiger partial charge on any atom is 0.146 e. The number of likely N-dealkylation sites (N-methyl/N-ethyl adjacent to an activating group) is 1. The predicted molar refractivity (Wildman–Crippen MR) is 69.3 cm³/mol. The zero-order valence-electron chi connectivity index (χ0n) is 9.39. The van der Waals surface area contributed by atoms with Crippen molar-refractivity contribution in [3.05, 3.63) is 23.7 Å². The number of fused-ring (bicyclic) bond motifs is 1. The van der Waals surface area contributed by atoms with Crippen molar-refractivity contribution in [3.8, 4) is 0 Å². The summed E-state index contributed by atoms with van der Waals surface area (Å²) in [6.45, 7) is 4.42. The van der Waals surface area contributed by atoms with Gasteiger partial charge in [0.05, 0.1) is 4.70 Å². The van der Waals surface area contributed by atoms with Gasteiger partial charge in [-0.15, -0.1) is 11.3 Å². The van der Waals surface area contributed by atoms with Crippen LogP contribution in [0.25, 0.3) is 10.1 Å². The highest BCUT2D eigenvalue weighted by atomic mass is 32.1. The van der Waals surface area contributed by atoms with Crippen molar-refractivity contribution in [1.82, 2.24) is 9.88 Å². The van der Waals surface area contributed by atoms with Crippen LogP contribution in [-0.2, 0) is 0 Å². The highest BCUT2D eigenvalue weighted by molar-refractivity contribution is 7.17. The van der Waals surface area contributed by atoms with Crippen molar-refractivity contribution < 1.29 is 0 Å². The minimum absolute atomic E-state index is 1.08. The molecule has 0 bridgehead atoms. The average Bonchev–Trinajstić information content (AvgIpc) is 2.78. The molecule has 0 N–H and O–H groups in total. The number of rotatable bonds is 1. The van der Waals surface area contributed by atoms with Crippen LogP contribution in [-0.4, -0.2) is 43.1 Å². The van der Waals surface area contributed by atoms with Gasteiger partial charge in [0, 0.05) is 32.4 Å². The molecule has 0 aromatic carbocycles. The minimum atomic E-state index is 1.08. The fraction of sp³-hybridized carbons (Fsp3) is 0.417. The summed E-state index contributed by atoms with van der Waals surface area (Å²) >= 11 is 1.79. The highest BCUT2D eigenvalue weighted by Gasteiger charge is 2.17. The molecule has 0 radical (unpaired) electrons. The molecule has 0 aliphatic carbocycles. The third-order valence-electron chi connectivity index (χ3n) is 3.15. The average molecular weight is 233 g/mol. The van der Waals surface area contributed by atoms with Gasteiger partial charge in [0.1, 0.15) is 5.82 Å². The predicted octanol–water partition coefficient (Wildman–Crippen LogP) is 2.05. The second-order valence-corrected chi connectivity index (χ2v) is 5.18. The van der Waals surface area contributed by atoms with Crippen molar-refractivity contribution in [2.45, 2.75) is 0 Å². The third-order valence-corrected chi connectivity index (χ3v) is 4.08. The van der Waals surface area contributed by atoms with E-state index in [1.165, 1.54) is 15.9 Å². The van der Waals surface area contributed by atoms with Gasteiger partial charge in [-0.2, -0.15) is 0 Å². The van der Waals surface area contributed by atoms with E-state index in [4.69, 9.17) is 0 Å². The van der Waals surface area contributed by atoms with Crippen LogP contribution in [0.15, 0.2) is 23.7 Å². The molecule has 0 spiro atoms. The summed E-state index contributed by atoms with van der Waals surface area (Å²) in [4.78, 5) is 9.31. The number of hydrogen-bond donors (Lipinski definition) is 0. The van der Waals surface area contributed by atoms with Crippen LogP contribution in [0.3, 0.4) is 0 Å². The number of aromatic nitrogens is 1. The van der Waals surface area contributed by atoms with Crippen molar-refractivity contribution in [3.63, 3.8) is 0 Å². The topological polar surface area (TPSA) is 19.4 Å². The summed E-state index contributed by atoms with van der Waals surface area (Å²) in [7, 11) is 2.18. The number of anilines is 1. The lowest BCUT2D eigenvalue weighted by Gasteiger charge is -2.33. The third kappa shape index (κ3) is 1.68. The van der Waals surface area contributed by atoms with E-state index in [-0.39, 0.29) is 0 Å². The van der Waals surface area contributed by atoms with Gasteiger partial charge < -0.3 is 9.80 Å². The van der Waals surface area contributed by atoms with Crippen molar-refractivity contribution in [2.75, 3.05) is 38.1 Å². The van der Waals surface area contributed by atoms with Crippen LogP contribution in [0.2, 0.25) is 0 Å². The first-order chi connectivity index (χ1) is 7.84. The molecule has 1 aliphatic heterocycles. The fourth-order valence-corrected chi connectivity index (χ4v) is 3.03. The molecule has 1 fully saturated rings. The SMILES string of the molecule is CN1CCN(c2nccc3ccsc23)CC1. The first kappa shape index (κ1) is 10.1. The van der Waals surface area contributed by atoms with Crippen LogP contribution >= 0.6 is 11.3 Å². The lowest BCUT2D eigenvalue weighted by Crippen LogP contribution is -2.44. The van der Waals surface area contributed by atoms with Gasteiger partial charge in [-0.3, -0.25) is 0 Å². The Morgan fingerprint density at radius 1 is 1.19 bits per heavy atom. The van der Waals surface area contributed by atoms with Crippen LogP contribution in [0.4, 0.5) is 5.82 Å². The Bertz CT molecular complexity index is 486. The molecule has 16 heavy (non-hydrogen) atoms. The van der Waals surface area contributed by atoms with E-state index >= 15 is 0 Å². The highest BCUT2D eigenvalue weighted by Crippen LogP contribution is 2.29. The van der Waals surface area contributed by atoms with Crippen LogP contribution in [0, 0.1) is 0 Å². The van der Waals surface area contributed by atoms with Gasteiger partial charge in [-0.25, -0.2) is 4.98 Å². The van der Waals surface area contributed by atoms with E-state index in [1.807, 2.05) is 6.20 Å². The Kier molecular flexibility index (Phi) is 2.53. The zero-order chi connectivity index (χ0) is 11.0. The first-order valence-electron chi connectivity index (χ1n) is 5.60. The fourth-order valence-electron chi connectivity index (χ4n) is 2.12. The Labute approximate surface area is 99.3 Å². The van der Waals surface area contributed by atoms with Gasteiger partial charge >= 0.3 is 0 Å². The number of pyridine rings is 1. The summed E-state index contributed by atoms with van der Waals surface area (Å²) in [6, 6.07) is 4.26. The van der Waals surface area contributed by atoms with Crippen molar-refractivity contribution in [2.24, 2.45) is 0 Å². The Hall–Kier alpha value is -1.13. The van der Waals surface area contributed by atoms with E-state index < -0.39 is 0 Å². The smallest absolute Gasteiger partial charge is 0.146 e. The van der Waals surface area contributed by atoms with Crippen molar-refractivity contribution >= 4 is 27.2 Å². The van der Waals surface area contributed by atoms with Crippen LogP contribution in [0.5, 0.6) is 0 Å². The van der Waals surface area contributed by atoms with Gasteiger partial charge in [-0.05, 0) is 29.9 Å². The molecule has 4 heteroatoms. The zero-order valence-corrected chi connectivity index (χ0v) is 10.2. The molecule has 0 atom stereocenters. The van der Waals surface area contributed by atoms with E-state index in [9.17, 15) is 0 Å². The molecule has 84 valence electrons. The summed E-state index contributed by atoms with van der Waals surface area (Å²) in [5.74, 6) is 1.17. The van der Waals surface area contributed by atoms with E-state index in [2.05, 4.69) is 39.3 Å². The van der Waals surface area contributed by atoms with Gasteiger partial charge in [-0.1, -0.05) is 0 Å². The van der Waals surface area contributed by atoms with Crippen LogP contribution in [0.1, 0.15) is 0 Å². The lowest BCUT2D eigenvalue weighted by atomic mass is 10.3. The number of nitrogens with zero attached hydrogens (tertiary/aromatic N) is 3. The Morgan fingerprint density at radius 3 is 2.81 bits per heavy atom.